The maximum atomic E-state index is 4.50. The smallest absolute Gasteiger partial charge is 0.0571 e. The molecule has 1 heterocycles. The van der Waals surface area contributed by atoms with Crippen molar-refractivity contribution in [2.75, 3.05) is 31.0 Å². The van der Waals surface area contributed by atoms with Crippen molar-refractivity contribution in [1.82, 2.24) is 10.3 Å². The van der Waals surface area contributed by atoms with E-state index in [9.17, 15) is 0 Å². The molecule has 2 atom stereocenters. The lowest BCUT2D eigenvalue weighted by molar-refractivity contribution is 0.632. The van der Waals surface area contributed by atoms with Crippen LogP contribution >= 0.6 is 11.8 Å². The van der Waals surface area contributed by atoms with Crippen molar-refractivity contribution < 1.29 is 0 Å². The molecule has 0 aromatic carbocycles. The summed E-state index contributed by atoms with van der Waals surface area (Å²) in [7, 11) is 4.08. The molecule has 3 nitrogen and oxygen atoms in total. The average molecular weight is 253 g/mol. The highest BCUT2D eigenvalue weighted by molar-refractivity contribution is 7.98. The molecule has 0 spiro atoms. The molecule has 1 N–H and O–H groups in total. The molecule has 0 amide bonds. The van der Waals surface area contributed by atoms with Crippen LogP contribution in [0.25, 0.3) is 0 Å². The first-order valence-corrected chi connectivity index (χ1v) is 7.34. The van der Waals surface area contributed by atoms with Crippen LogP contribution in [0.1, 0.15) is 25.6 Å². The van der Waals surface area contributed by atoms with Gasteiger partial charge in [-0.15, -0.1) is 0 Å². The molecule has 0 aliphatic carbocycles. The standard InChI is InChI=1S/C13H23N3S/c1-10(9-17-5)16(4)12-6-7-13(15-8-12)11(2)14-3/h6-8,10-11,14H,9H2,1-5H3. The Bertz CT molecular complexity index is 326. The van der Waals surface area contributed by atoms with E-state index in [0.29, 0.717) is 12.1 Å². The van der Waals surface area contributed by atoms with Gasteiger partial charge in [0.2, 0.25) is 0 Å². The number of pyridine rings is 1. The van der Waals surface area contributed by atoms with Gasteiger partial charge in [-0.1, -0.05) is 0 Å². The lowest BCUT2D eigenvalue weighted by Gasteiger charge is -2.26. The normalized spacial score (nSPS) is 14.4. The minimum absolute atomic E-state index is 0.304. The summed E-state index contributed by atoms with van der Waals surface area (Å²) in [5.74, 6) is 1.13. The van der Waals surface area contributed by atoms with Crippen LogP contribution in [0.3, 0.4) is 0 Å². The Kier molecular flexibility index (Phi) is 5.78. The predicted molar refractivity (Wildman–Crippen MR) is 78.0 cm³/mol. The monoisotopic (exact) mass is 253 g/mol. The van der Waals surface area contributed by atoms with Crippen molar-refractivity contribution in [2.45, 2.75) is 25.9 Å². The number of anilines is 1. The van der Waals surface area contributed by atoms with Crippen molar-refractivity contribution in [1.29, 1.82) is 0 Å². The summed E-state index contributed by atoms with van der Waals surface area (Å²) in [6.45, 7) is 4.35. The van der Waals surface area contributed by atoms with Gasteiger partial charge in [0.1, 0.15) is 0 Å². The van der Waals surface area contributed by atoms with Crippen LogP contribution in [0.4, 0.5) is 5.69 Å². The number of hydrogen-bond donors (Lipinski definition) is 1. The summed E-state index contributed by atoms with van der Waals surface area (Å²) in [5.41, 5.74) is 2.26. The Morgan fingerprint density at radius 1 is 1.41 bits per heavy atom. The third-order valence-corrected chi connectivity index (χ3v) is 3.94. The zero-order chi connectivity index (χ0) is 12.8. The number of hydrogen-bond acceptors (Lipinski definition) is 4. The van der Waals surface area contributed by atoms with Crippen LogP contribution < -0.4 is 10.2 Å². The molecule has 1 aromatic rings. The average Bonchev–Trinajstić information content (AvgIpc) is 2.37. The van der Waals surface area contributed by atoms with Gasteiger partial charge < -0.3 is 10.2 Å². The van der Waals surface area contributed by atoms with Crippen molar-refractivity contribution in [3.63, 3.8) is 0 Å². The molecule has 4 heteroatoms. The molecule has 0 aliphatic rings. The predicted octanol–water partition coefficient (Wildman–Crippen LogP) is 2.55. The maximum Gasteiger partial charge on any atom is 0.0571 e. The number of aromatic nitrogens is 1. The highest BCUT2D eigenvalue weighted by Crippen LogP contribution is 2.18. The van der Waals surface area contributed by atoms with E-state index < -0.39 is 0 Å². The van der Waals surface area contributed by atoms with Crippen molar-refractivity contribution >= 4 is 17.4 Å². The number of thioether (sulfide) groups is 1. The van der Waals surface area contributed by atoms with Gasteiger partial charge in [-0.05, 0) is 39.3 Å². The second-order valence-corrected chi connectivity index (χ2v) is 5.28. The van der Waals surface area contributed by atoms with E-state index in [2.05, 4.69) is 54.5 Å². The molecule has 0 aliphatic heterocycles. The fourth-order valence-electron chi connectivity index (χ4n) is 1.62. The Morgan fingerprint density at radius 3 is 2.59 bits per heavy atom. The highest BCUT2D eigenvalue weighted by atomic mass is 32.2. The first kappa shape index (κ1) is 14.3. The van der Waals surface area contributed by atoms with Gasteiger partial charge in [0.25, 0.3) is 0 Å². The molecule has 1 aromatic heterocycles. The molecule has 0 saturated carbocycles. The molecule has 0 bridgehead atoms. The largest absolute Gasteiger partial charge is 0.370 e. The molecule has 96 valence electrons. The lowest BCUT2D eigenvalue weighted by atomic mass is 10.2. The highest BCUT2D eigenvalue weighted by Gasteiger charge is 2.10. The van der Waals surface area contributed by atoms with Crippen LogP contribution in [0.15, 0.2) is 18.3 Å². The van der Waals surface area contributed by atoms with Crippen LogP contribution in [0.5, 0.6) is 0 Å². The molecule has 2 unspecified atom stereocenters. The van der Waals surface area contributed by atoms with E-state index in [-0.39, 0.29) is 0 Å². The summed E-state index contributed by atoms with van der Waals surface area (Å²) in [4.78, 5) is 6.78. The van der Waals surface area contributed by atoms with E-state index in [0.717, 1.165) is 11.4 Å². The van der Waals surface area contributed by atoms with E-state index in [4.69, 9.17) is 0 Å². The third kappa shape index (κ3) is 3.89. The number of nitrogens with one attached hydrogen (secondary N) is 1. The SMILES string of the molecule is CNC(C)c1ccc(N(C)C(C)CSC)cn1. The summed E-state index contributed by atoms with van der Waals surface area (Å²) in [5, 5.41) is 3.19. The Balaban J connectivity index is 2.73. The fourth-order valence-corrected chi connectivity index (χ4v) is 2.32. The van der Waals surface area contributed by atoms with E-state index in [1.807, 2.05) is 25.0 Å². The minimum Gasteiger partial charge on any atom is -0.370 e. The zero-order valence-electron chi connectivity index (χ0n) is 11.4. The second kappa shape index (κ2) is 6.87. The summed E-state index contributed by atoms with van der Waals surface area (Å²) < 4.78 is 0. The van der Waals surface area contributed by atoms with Crippen molar-refractivity contribution in [3.05, 3.63) is 24.0 Å². The van der Waals surface area contributed by atoms with Gasteiger partial charge in [0.05, 0.1) is 17.6 Å². The van der Waals surface area contributed by atoms with Crippen molar-refractivity contribution in [3.8, 4) is 0 Å². The molecule has 1 rings (SSSR count). The second-order valence-electron chi connectivity index (χ2n) is 4.37. The summed E-state index contributed by atoms with van der Waals surface area (Å²) in [6, 6.07) is 5.07. The third-order valence-electron chi connectivity index (χ3n) is 3.12. The molecule has 0 radical (unpaired) electrons. The number of nitrogens with zero attached hydrogens (tertiary/aromatic N) is 2. The van der Waals surface area contributed by atoms with Gasteiger partial charge in [-0.2, -0.15) is 11.8 Å². The Hall–Kier alpha value is -0.740. The first-order valence-electron chi connectivity index (χ1n) is 5.95. The minimum atomic E-state index is 0.304. The fraction of sp³-hybridized carbons (Fsp3) is 0.615. The summed E-state index contributed by atoms with van der Waals surface area (Å²) >= 11 is 1.87. The van der Waals surface area contributed by atoms with Gasteiger partial charge in [0.15, 0.2) is 0 Å². The van der Waals surface area contributed by atoms with Gasteiger partial charge in [0, 0.05) is 24.9 Å². The van der Waals surface area contributed by atoms with Gasteiger partial charge in [-0.25, -0.2) is 0 Å². The van der Waals surface area contributed by atoms with E-state index in [1.54, 1.807) is 0 Å². The Morgan fingerprint density at radius 2 is 2.12 bits per heavy atom. The van der Waals surface area contributed by atoms with Crippen molar-refractivity contribution in [2.24, 2.45) is 0 Å². The first-order chi connectivity index (χ1) is 8.10. The molecule has 17 heavy (non-hydrogen) atoms. The molecular formula is C13H23N3S. The van der Waals surface area contributed by atoms with E-state index in [1.165, 1.54) is 5.69 Å². The van der Waals surface area contributed by atoms with Crippen LogP contribution in [0, 0.1) is 0 Å². The molecule has 0 saturated heterocycles. The maximum absolute atomic E-state index is 4.50. The molecule has 0 fully saturated rings. The van der Waals surface area contributed by atoms with Gasteiger partial charge >= 0.3 is 0 Å². The molecular weight excluding hydrogens is 230 g/mol. The van der Waals surface area contributed by atoms with Crippen LogP contribution in [-0.4, -0.2) is 37.1 Å². The quantitative estimate of drug-likeness (QED) is 0.843. The van der Waals surface area contributed by atoms with Crippen LogP contribution in [-0.2, 0) is 0 Å². The Labute approximate surface area is 109 Å². The zero-order valence-corrected chi connectivity index (χ0v) is 12.2. The lowest BCUT2D eigenvalue weighted by Crippen LogP contribution is -2.30. The summed E-state index contributed by atoms with van der Waals surface area (Å²) in [6.07, 6.45) is 4.10. The van der Waals surface area contributed by atoms with Gasteiger partial charge in [-0.3, -0.25) is 4.98 Å². The van der Waals surface area contributed by atoms with E-state index >= 15 is 0 Å². The topological polar surface area (TPSA) is 28.2 Å². The van der Waals surface area contributed by atoms with Crippen LogP contribution in [0.2, 0.25) is 0 Å². The number of rotatable bonds is 6.